The normalized spacial score (nSPS) is 16.3. The first kappa shape index (κ1) is 16.9. The second-order valence-corrected chi connectivity index (χ2v) is 7.62. The molecule has 0 aliphatic heterocycles. The smallest absolute Gasteiger partial charge is 0.272 e. The molecule has 6 nitrogen and oxygen atoms in total. The number of hydrogen-bond donors (Lipinski definition) is 2. The summed E-state index contributed by atoms with van der Waals surface area (Å²) in [5, 5.41) is 13.3. The lowest BCUT2D eigenvalue weighted by Gasteiger charge is -2.17. The summed E-state index contributed by atoms with van der Waals surface area (Å²) in [4.78, 5) is 21.1. The highest BCUT2D eigenvalue weighted by Crippen LogP contribution is 2.26. The molecule has 134 valence electrons. The Morgan fingerprint density at radius 1 is 1.38 bits per heavy atom. The molecule has 7 heteroatoms. The molecule has 0 bridgehead atoms. The lowest BCUT2D eigenvalue weighted by Crippen LogP contribution is -2.27. The Labute approximate surface area is 156 Å². The van der Waals surface area contributed by atoms with Crippen molar-refractivity contribution in [3.63, 3.8) is 0 Å². The summed E-state index contributed by atoms with van der Waals surface area (Å²) in [5.74, 6) is 0.509. The van der Waals surface area contributed by atoms with Crippen LogP contribution in [0.25, 0.3) is 10.6 Å². The molecule has 1 unspecified atom stereocenters. The summed E-state index contributed by atoms with van der Waals surface area (Å²) >= 11 is 1.61. The molecule has 2 N–H and O–H groups in total. The number of aryl methyl sites for hydroxylation is 1. The molecule has 1 amide bonds. The standard InChI is InChI=1S/C19H21N5OS/c1-12-2-3-16-15(10-12)17(24-23-16)18(25)21-9-6-14-11-26-19(22-14)13-4-7-20-8-5-13/h4-5,7-8,11-12H,2-3,6,9-10H2,1H3,(H,21,25)(H,23,24). The first-order valence-corrected chi connectivity index (χ1v) is 9.78. The highest BCUT2D eigenvalue weighted by Gasteiger charge is 2.24. The van der Waals surface area contributed by atoms with Gasteiger partial charge < -0.3 is 5.32 Å². The third-order valence-corrected chi connectivity index (χ3v) is 5.69. The van der Waals surface area contributed by atoms with Gasteiger partial charge in [-0.25, -0.2) is 4.98 Å². The van der Waals surface area contributed by atoms with Crippen LogP contribution in [0.2, 0.25) is 0 Å². The fraction of sp³-hybridized carbons (Fsp3) is 0.368. The molecule has 0 saturated carbocycles. The first-order valence-electron chi connectivity index (χ1n) is 8.90. The minimum atomic E-state index is -0.0961. The molecular formula is C19H21N5OS. The third kappa shape index (κ3) is 3.53. The monoisotopic (exact) mass is 367 g/mol. The van der Waals surface area contributed by atoms with Gasteiger partial charge >= 0.3 is 0 Å². The molecule has 1 aliphatic rings. The van der Waals surface area contributed by atoms with Gasteiger partial charge in [0.1, 0.15) is 5.01 Å². The second-order valence-electron chi connectivity index (χ2n) is 6.76. The largest absolute Gasteiger partial charge is 0.350 e. The summed E-state index contributed by atoms with van der Waals surface area (Å²) in [6.45, 7) is 2.77. The minimum Gasteiger partial charge on any atom is -0.350 e. The zero-order chi connectivity index (χ0) is 17.9. The Morgan fingerprint density at radius 2 is 2.23 bits per heavy atom. The number of amides is 1. The lowest BCUT2D eigenvalue weighted by atomic mass is 9.87. The van der Waals surface area contributed by atoms with E-state index in [0.717, 1.165) is 46.8 Å². The maximum absolute atomic E-state index is 12.5. The highest BCUT2D eigenvalue weighted by molar-refractivity contribution is 7.13. The Kier molecular flexibility index (Phi) is 4.79. The van der Waals surface area contributed by atoms with E-state index < -0.39 is 0 Å². The summed E-state index contributed by atoms with van der Waals surface area (Å²) < 4.78 is 0. The van der Waals surface area contributed by atoms with E-state index in [4.69, 9.17) is 0 Å². The van der Waals surface area contributed by atoms with Crippen molar-refractivity contribution in [2.24, 2.45) is 5.92 Å². The average Bonchev–Trinajstić information content (AvgIpc) is 3.29. The van der Waals surface area contributed by atoms with Crippen molar-refractivity contribution in [1.29, 1.82) is 0 Å². The molecule has 4 rings (SSSR count). The van der Waals surface area contributed by atoms with Gasteiger partial charge in [-0.2, -0.15) is 5.10 Å². The van der Waals surface area contributed by atoms with Gasteiger partial charge in [0.2, 0.25) is 0 Å². The van der Waals surface area contributed by atoms with E-state index >= 15 is 0 Å². The van der Waals surface area contributed by atoms with Crippen molar-refractivity contribution in [3.05, 3.63) is 52.6 Å². The molecule has 3 aromatic heterocycles. The second kappa shape index (κ2) is 7.37. The molecule has 3 heterocycles. The molecule has 1 aliphatic carbocycles. The molecule has 0 fully saturated rings. The summed E-state index contributed by atoms with van der Waals surface area (Å²) in [6.07, 6.45) is 7.30. The maximum atomic E-state index is 12.5. The van der Waals surface area contributed by atoms with Gasteiger partial charge in [-0.15, -0.1) is 11.3 Å². The third-order valence-electron chi connectivity index (χ3n) is 4.75. The predicted octanol–water partition coefficient (Wildman–Crippen LogP) is 3.03. The van der Waals surface area contributed by atoms with Crippen LogP contribution in [0.3, 0.4) is 0 Å². The number of aromatic amines is 1. The number of fused-ring (bicyclic) bond motifs is 1. The van der Waals surface area contributed by atoms with Gasteiger partial charge in [-0.05, 0) is 37.3 Å². The van der Waals surface area contributed by atoms with E-state index in [1.807, 2.05) is 17.5 Å². The van der Waals surface area contributed by atoms with Crippen molar-refractivity contribution in [3.8, 4) is 10.6 Å². The van der Waals surface area contributed by atoms with E-state index in [0.29, 0.717) is 24.6 Å². The van der Waals surface area contributed by atoms with Gasteiger partial charge in [0.05, 0.1) is 5.69 Å². The minimum absolute atomic E-state index is 0.0961. The number of nitrogens with zero attached hydrogens (tertiary/aromatic N) is 3. The number of carbonyl (C=O) groups excluding carboxylic acids is 1. The molecular weight excluding hydrogens is 346 g/mol. The first-order chi connectivity index (χ1) is 12.7. The Balaban J connectivity index is 1.35. The summed E-state index contributed by atoms with van der Waals surface area (Å²) in [7, 11) is 0. The summed E-state index contributed by atoms with van der Waals surface area (Å²) in [5.41, 5.74) is 4.82. The quantitative estimate of drug-likeness (QED) is 0.726. The van der Waals surface area contributed by atoms with Crippen LogP contribution >= 0.6 is 11.3 Å². The maximum Gasteiger partial charge on any atom is 0.272 e. The zero-order valence-electron chi connectivity index (χ0n) is 14.7. The van der Waals surface area contributed by atoms with Crippen molar-refractivity contribution >= 4 is 17.2 Å². The van der Waals surface area contributed by atoms with Gasteiger partial charge in [0.25, 0.3) is 5.91 Å². The van der Waals surface area contributed by atoms with E-state index in [-0.39, 0.29) is 5.91 Å². The van der Waals surface area contributed by atoms with Crippen LogP contribution < -0.4 is 5.32 Å². The molecule has 0 saturated heterocycles. The van der Waals surface area contributed by atoms with E-state index in [1.54, 1.807) is 23.7 Å². The molecule has 0 spiro atoms. The number of rotatable bonds is 5. The molecule has 0 radical (unpaired) electrons. The predicted molar refractivity (Wildman–Crippen MR) is 101 cm³/mol. The number of aromatic nitrogens is 4. The zero-order valence-corrected chi connectivity index (χ0v) is 15.5. The Morgan fingerprint density at radius 3 is 3.08 bits per heavy atom. The average molecular weight is 367 g/mol. The Bertz CT molecular complexity index is 902. The van der Waals surface area contributed by atoms with Crippen molar-refractivity contribution in [2.45, 2.75) is 32.6 Å². The molecule has 1 atom stereocenters. The number of nitrogens with one attached hydrogen (secondary N) is 2. The van der Waals surface area contributed by atoms with E-state index in [1.165, 1.54) is 0 Å². The SMILES string of the molecule is CC1CCc2[nH]nc(C(=O)NCCc3csc(-c4ccncc4)n3)c2C1. The molecule has 26 heavy (non-hydrogen) atoms. The number of thiazole rings is 1. The van der Waals surface area contributed by atoms with Crippen LogP contribution in [-0.2, 0) is 19.3 Å². The van der Waals surface area contributed by atoms with Gasteiger partial charge in [0, 0.05) is 47.6 Å². The van der Waals surface area contributed by atoms with Crippen LogP contribution in [0.5, 0.6) is 0 Å². The van der Waals surface area contributed by atoms with Crippen LogP contribution in [0.1, 0.15) is 40.8 Å². The fourth-order valence-corrected chi connectivity index (χ4v) is 4.15. The lowest BCUT2D eigenvalue weighted by molar-refractivity contribution is 0.0948. The number of carbonyl (C=O) groups is 1. The van der Waals surface area contributed by atoms with Crippen LogP contribution in [0.15, 0.2) is 29.9 Å². The number of hydrogen-bond acceptors (Lipinski definition) is 5. The fourth-order valence-electron chi connectivity index (χ4n) is 3.29. The van der Waals surface area contributed by atoms with Gasteiger partial charge in [-0.1, -0.05) is 6.92 Å². The van der Waals surface area contributed by atoms with Crippen LogP contribution in [0, 0.1) is 5.92 Å². The highest BCUT2D eigenvalue weighted by atomic mass is 32.1. The number of H-pyrrole nitrogens is 1. The van der Waals surface area contributed by atoms with E-state index in [2.05, 4.69) is 32.4 Å². The van der Waals surface area contributed by atoms with Gasteiger partial charge in [0.15, 0.2) is 5.69 Å². The number of pyridine rings is 1. The van der Waals surface area contributed by atoms with Crippen molar-refractivity contribution in [1.82, 2.24) is 25.5 Å². The van der Waals surface area contributed by atoms with Gasteiger partial charge in [-0.3, -0.25) is 14.9 Å². The molecule has 0 aromatic carbocycles. The Hall–Kier alpha value is -2.54. The van der Waals surface area contributed by atoms with E-state index in [9.17, 15) is 4.79 Å². The summed E-state index contributed by atoms with van der Waals surface area (Å²) in [6, 6.07) is 3.90. The van der Waals surface area contributed by atoms with Crippen molar-refractivity contribution < 1.29 is 4.79 Å². The van der Waals surface area contributed by atoms with Crippen molar-refractivity contribution in [2.75, 3.05) is 6.54 Å². The van der Waals surface area contributed by atoms with Crippen LogP contribution in [-0.4, -0.2) is 32.6 Å². The topological polar surface area (TPSA) is 83.6 Å². The van der Waals surface area contributed by atoms with Crippen LogP contribution in [0.4, 0.5) is 0 Å². The molecule has 3 aromatic rings.